The largest absolute Gasteiger partial charge is 0.357 e. The van der Waals surface area contributed by atoms with E-state index in [9.17, 15) is 0 Å². The van der Waals surface area contributed by atoms with Gasteiger partial charge in [-0.1, -0.05) is 38.1 Å². The van der Waals surface area contributed by atoms with Crippen LogP contribution in [-0.2, 0) is 5.41 Å². The first-order valence-corrected chi connectivity index (χ1v) is 15.2. The van der Waals surface area contributed by atoms with Crippen LogP contribution in [-0.4, -0.2) is 19.9 Å². The summed E-state index contributed by atoms with van der Waals surface area (Å²) in [7, 11) is 0. The third kappa shape index (κ3) is 3.56. The number of aryl methyl sites for hydroxylation is 2. The van der Waals surface area contributed by atoms with E-state index < -0.39 is 0 Å². The molecule has 8 rings (SSSR count). The van der Waals surface area contributed by atoms with E-state index >= 15 is 0 Å². The molecule has 0 fully saturated rings. The number of hydrogen-bond acceptors (Lipinski definition) is 2. The molecule has 3 aliphatic rings. The molecule has 212 valence electrons. The molecule has 0 radical (unpaired) electrons. The van der Waals surface area contributed by atoms with Gasteiger partial charge in [-0.2, -0.15) is 0 Å². The fourth-order valence-corrected chi connectivity index (χ4v) is 7.05. The van der Waals surface area contributed by atoms with Gasteiger partial charge in [0.1, 0.15) is 0 Å². The molecule has 5 heterocycles. The molecule has 0 unspecified atom stereocenters. The number of hydrogen-bond donors (Lipinski definition) is 2. The van der Waals surface area contributed by atoms with Crippen molar-refractivity contribution in [2.24, 2.45) is 0 Å². The summed E-state index contributed by atoms with van der Waals surface area (Å²) >= 11 is 0. The molecule has 43 heavy (non-hydrogen) atoms. The van der Waals surface area contributed by atoms with Gasteiger partial charge in [-0.15, -0.1) is 0 Å². The molecule has 2 N–H and O–H groups in total. The maximum atomic E-state index is 5.41. The topological polar surface area (TPSA) is 57.4 Å². The van der Waals surface area contributed by atoms with Gasteiger partial charge in [-0.25, -0.2) is 9.97 Å². The van der Waals surface area contributed by atoms with Crippen molar-refractivity contribution in [3.05, 3.63) is 106 Å². The van der Waals surface area contributed by atoms with Crippen LogP contribution in [0.5, 0.6) is 0 Å². The highest BCUT2D eigenvalue weighted by Crippen LogP contribution is 2.46. The van der Waals surface area contributed by atoms with E-state index in [0.717, 1.165) is 45.0 Å². The number of aromatic amines is 2. The van der Waals surface area contributed by atoms with Crippen molar-refractivity contribution >= 4 is 65.8 Å². The lowest BCUT2D eigenvalue weighted by Crippen LogP contribution is -2.15. The minimum atomic E-state index is -0.243. The zero-order valence-corrected chi connectivity index (χ0v) is 26.2. The summed E-state index contributed by atoms with van der Waals surface area (Å²) in [6.45, 7) is 17.8. The van der Waals surface area contributed by atoms with Crippen molar-refractivity contribution in [3.8, 4) is 0 Å². The molecule has 0 saturated carbocycles. The summed E-state index contributed by atoms with van der Waals surface area (Å²) in [6.07, 6.45) is 0. The molecule has 0 saturated heterocycles. The van der Waals surface area contributed by atoms with Crippen LogP contribution >= 0.6 is 0 Å². The molecule has 0 amide bonds. The second-order valence-corrected chi connectivity index (χ2v) is 13.1. The summed E-state index contributed by atoms with van der Waals surface area (Å²) in [5.74, 6) is 0. The predicted octanol–water partition coefficient (Wildman–Crippen LogP) is 10.3. The average Bonchev–Trinajstić information content (AvgIpc) is 3.60. The molecular formula is C39H36N4. The summed E-state index contributed by atoms with van der Waals surface area (Å²) < 4.78 is 0. The summed E-state index contributed by atoms with van der Waals surface area (Å²) in [5, 5.41) is 6.13. The van der Waals surface area contributed by atoms with Crippen LogP contribution in [0.2, 0.25) is 0 Å². The van der Waals surface area contributed by atoms with Crippen LogP contribution in [0.3, 0.4) is 0 Å². The first-order chi connectivity index (χ1) is 20.5. The normalized spacial score (nSPS) is 15.4. The van der Waals surface area contributed by atoms with Gasteiger partial charge < -0.3 is 9.97 Å². The van der Waals surface area contributed by atoms with Crippen molar-refractivity contribution in [3.63, 3.8) is 0 Å². The number of nitrogens with one attached hydrogen (secondary N) is 2. The third-order valence-corrected chi connectivity index (χ3v) is 10.4. The quantitative estimate of drug-likeness (QED) is 0.185. The van der Waals surface area contributed by atoms with Crippen LogP contribution < -0.4 is 0 Å². The predicted molar refractivity (Wildman–Crippen MR) is 183 cm³/mol. The number of allylic oxidation sites excluding steroid dienone is 4. The molecule has 2 aromatic heterocycles. The van der Waals surface area contributed by atoms with E-state index in [1.54, 1.807) is 0 Å². The van der Waals surface area contributed by atoms with Gasteiger partial charge in [-0.3, -0.25) is 0 Å². The Hall–Kier alpha value is -4.70. The van der Waals surface area contributed by atoms with Crippen LogP contribution in [0.15, 0.2) is 60.7 Å². The number of H-pyrrole nitrogens is 2. The van der Waals surface area contributed by atoms with Crippen molar-refractivity contribution in [2.75, 3.05) is 0 Å². The highest BCUT2D eigenvalue weighted by atomic mass is 14.8. The molecular weight excluding hydrogens is 524 g/mol. The van der Waals surface area contributed by atoms with Crippen LogP contribution in [0, 0.1) is 13.8 Å². The second-order valence-electron chi connectivity index (χ2n) is 13.1. The van der Waals surface area contributed by atoms with E-state index in [-0.39, 0.29) is 5.41 Å². The maximum absolute atomic E-state index is 5.41. The Balaban J connectivity index is 1.65. The van der Waals surface area contributed by atoms with Crippen molar-refractivity contribution < 1.29 is 0 Å². The number of aromatic nitrogens is 4. The van der Waals surface area contributed by atoms with Gasteiger partial charge in [0.15, 0.2) is 0 Å². The first kappa shape index (κ1) is 26.0. The number of rotatable bonds is 0. The Bertz CT molecular complexity index is 2370. The van der Waals surface area contributed by atoms with E-state index in [1.807, 2.05) is 0 Å². The molecule has 0 aliphatic carbocycles. The highest BCUT2D eigenvalue weighted by Gasteiger charge is 2.33. The van der Waals surface area contributed by atoms with Crippen molar-refractivity contribution in [2.45, 2.75) is 60.8 Å². The SMILES string of the molecule is CC1=C(C)c2cc3[nH]c(cc4nc(c5c6[nH]c(cc1n2)C(C)(C)c6cc1cc2ccccc2cc15)C(C)=C4C)c(C)c3C. The van der Waals surface area contributed by atoms with E-state index in [4.69, 9.17) is 9.97 Å². The minimum absolute atomic E-state index is 0.243. The van der Waals surface area contributed by atoms with Gasteiger partial charge in [0.25, 0.3) is 0 Å². The lowest BCUT2D eigenvalue weighted by molar-refractivity contribution is 0.646. The first-order valence-electron chi connectivity index (χ1n) is 15.2. The smallest absolute Gasteiger partial charge is 0.0769 e. The molecule has 4 heteroatoms. The summed E-state index contributed by atoms with van der Waals surface area (Å²) in [5.41, 5.74) is 17.0. The molecule has 0 atom stereocenters. The Morgan fingerprint density at radius 1 is 0.581 bits per heavy atom. The van der Waals surface area contributed by atoms with Crippen molar-refractivity contribution in [1.29, 1.82) is 0 Å². The monoisotopic (exact) mass is 560 g/mol. The standard InChI is InChI=1S/C39H36N4/c1-19-20(2)32-17-33-23(5)24(6)37(42-33)36-28-14-26-12-10-9-11-25(26)13-27(28)15-29-38(36)43-35(39(29,7)8)18-34-22(4)21(3)31(41-34)16-30(19)40-32/h9-18,40,43H,1-8H3. The zero-order chi connectivity index (χ0) is 29.9. The van der Waals surface area contributed by atoms with E-state index in [2.05, 4.69) is 126 Å². The van der Waals surface area contributed by atoms with Gasteiger partial charge in [-0.05, 0) is 138 Å². The van der Waals surface area contributed by atoms with Crippen molar-refractivity contribution in [1.82, 2.24) is 19.9 Å². The summed E-state index contributed by atoms with van der Waals surface area (Å²) in [6, 6.07) is 22.4. The maximum Gasteiger partial charge on any atom is 0.0769 e. The minimum Gasteiger partial charge on any atom is -0.357 e. The lowest BCUT2D eigenvalue weighted by Gasteiger charge is -2.21. The molecule has 4 nitrogen and oxygen atoms in total. The highest BCUT2D eigenvalue weighted by molar-refractivity contribution is 6.17. The third-order valence-electron chi connectivity index (χ3n) is 10.4. The zero-order valence-electron chi connectivity index (χ0n) is 26.2. The lowest BCUT2D eigenvalue weighted by atomic mass is 9.81. The molecule has 0 spiro atoms. The van der Waals surface area contributed by atoms with Crippen LogP contribution in [0.25, 0.3) is 65.8 Å². The van der Waals surface area contributed by atoms with Gasteiger partial charge >= 0.3 is 0 Å². The molecule has 5 aromatic rings. The number of nitrogens with zero attached hydrogens (tertiary/aromatic N) is 2. The van der Waals surface area contributed by atoms with Gasteiger partial charge in [0.2, 0.25) is 0 Å². The van der Waals surface area contributed by atoms with Crippen LogP contribution in [0.4, 0.5) is 0 Å². The molecule has 3 aliphatic heterocycles. The average molecular weight is 561 g/mol. The Kier molecular flexibility index (Phi) is 5.23. The van der Waals surface area contributed by atoms with Gasteiger partial charge in [0, 0.05) is 27.5 Å². The fraction of sp³-hybridized carbons (Fsp3) is 0.231. The fourth-order valence-electron chi connectivity index (χ4n) is 7.05. The van der Waals surface area contributed by atoms with E-state index in [1.165, 1.54) is 65.9 Å². The number of fused-ring (bicyclic) bond motifs is 11. The Morgan fingerprint density at radius 3 is 1.84 bits per heavy atom. The molecule has 3 aromatic carbocycles. The Labute approximate surface area is 251 Å². The van der Waals surface area contributed by atoms with Gasteiger partial charge in [0.05, 0.1) is 28.3 Å². The Morgan fingerprint density at radius 2 is 1.16 bits per heavy atom. The molecule has 8 bridgehead atoms. The second kappa shape index (κ2) is 8.67. The summed E-state index contributed by atoms with van der Waals surface area (Å²) in [4.78, 5) is 18.2. The van der Waals surface area contributed by atoms with Crippen LogP contribution in [0.1, 0.15) is 86.7 Å². The van der Waals surface area contributed by atoms with E-state index in [0.29, 0.717) is 0 Å². The number of benzene rings is 3.